The van der Waals surface area contributed by atoms with E-state index in [2.05, 4.69) is 0 Å². The van der Waals surface area contributed by atoms with Crippen molar-refractivity contribution in [1.29, 1.82) is 0 Å². The lowest BCUT2D eigenvalue weighted by atomic mass is 9.99. The van der Waals surface area contributed by atoms with E-state index in [1.807, 2.05) is 0 Å². The molecule has 0 fully saturated rings. The fourth-order valence-electron chi connectivity index (χ4n) is 1.74. The van der Waals surface area contributed by atoms with Crippen LogP contribution in [0.1, 0.15) is 15.9 Å². The van der Waals surface area contributed by atoms with Gasteiger partial charge in [0, 0.05) is 0 Å². The summed E-state index contributed by atoms with van der Waals surface area (Å²) in [5, 5.41) is 0. The van der Waals surface area contributed by atoms with Crippen molar-refractivity contribution in [3.63, 3.8) is 0 Å². The van der Waals surface area contributed by atoms with Gasteiger partial charge in [0.2, 0.25) is 0 Å². The Balaban J connectivity index is 2.68. The van der Waals surface area contributed by atoms with Gasteiger partial charge < -0.3 is 0 Å². The van der Waals surface area contributed by atoms with E-state index in [0.717, 1.165) is 6.07 Å². The Hall–Kier alpha value is -2.17. The van der Waals surface area contributed by atoms with E-state index in [-0.39, 0.29) is 11.8 Å². The fraction of sp³-hybridized carbons (Fsp3) is 0.0714. The molecule has 1 nitrogen and oxygen atoms in total. The topological polar surface area (TPSA) is 17.1 Å². The monoisotopic (exact) mass is 268 g/mol. The van der Waals surface area contributed by atoms with Crippen LogP contribution in [0, 0.1) is 5.82 Å². The SMILES string of the molecule is O=Cc1cc(-c2ccccc2)cc(C(F)(F)F)c1F. The molecule has 2 aromatic rings. The molecule has 0 aromatic heterocycles. The number of hydrogen-bond donors (Lipinski definition) is 0. The van der Waals surface area contributed by atoms with Gasteiger partial charge in [-0.1, -0.05) is 30.3 Å². The third-order valence-corrected chi connectivity index (χ3v) is 2.64. The van der Waals surface area contributed by atoms with Gasteiger partial charge in [-0.15, -0.1) is 0 Å². The quantitative estimate of drug-likeness (QED) is 0.585. The highest BCUT2D eigenvalue weighted by Crippen LogP contribution is 2.35. The number of aldehydes is 1. The van der Waals surface area contributed by atoms with Crippen molar-refractivity contribution in [3.05, 3.63) is 59.4 Å². The van der Waals surface area contributed by atoms with Crippen LogP contribution in [0.3, 0.4) is 0 Å². The van der Waals surface area contributed by atoms with Gasteiger partial charge in [0.05, 0.1) is 11.1 Å². The lowest BCUT2D eigenvalue weighted by molar-refractivity contribution is -0.139. The lowest BCUT2D eigenvalue weighted by Crippen LogP contribution is -2.10. The molecule has 0 aliphatic heterocycles. The van der Waals surface area contributed by atoms with Crippen LogP contribution in [0.5, 0.6) is 0 Å². The Labute approximate surface area is 106 Å². The molecule has 0 bridgehead atoms. The molecule has 0 spiro atoms. The van der Waals surface area contributed by atoms with Gasteiger partial charge in [0.25, 0.3) is 0 Å². The van der Waals surface area contributed by atoms with Crippen molar-refractivity contribution in [2.24, 2.45) is 0 Å². The summed E-state index contributed by atoms with van der Waals surface area (Å²) in [6.45, 7) is 0. The van der Waals surface area contributed by atoms with E-state index in [0.29, 0.717) is 11.6 Å². The molecule has 0 unspecified atom stereocenters. The first-order valence-electron chi connectivity index (χ1n) is 5.35. The van der Waals surface area contributed by atoms with Crippen LogP contribution in [0.4, 0.5) is 17.6 Å². The van der Waals surface area contributed by atoms with Crippen LogP contribution < -0.4 is 0 Å². The molecular formula is C14H8F4O. The average Bonchev–Trinajstić information content (AvgIpc) is 2.38. The van der Waals surface area contributed by atoms with Crippen molar-refractivity contribution in [3.8, 4) is 11.1 Å². The van der Waals surface area contributed by atoms with Gasteiger partial charge in [-0.25, -0.2) is 4.39 Å². The molecule has 0 atom stereocenters. The zero-order valence-electron chi connectivity index (χ0n) is 9.54. The minimum absolute atomic E-state index is 0.0804. The van der Waals surface area contributed by atoms with Gasteiger partial charge in [0.1, 0.15) is 5.82 Å². The number of halogens is 4. The molecule has 0 aliphatic rings. The first kappa shape index (κ1) is 13.3. The van der Waals surface area contributed by atoms with Gasteiger partial charge >= 0.3 is 6.18 Å². The van der Waals surface area contributed by atoms with E-state index in [1.54, 1.807) is 30.3 Å². The largest absolute Gasteiger partial charge is 0.419 e. The van der Waals surface area contributed by atoms with E-state index in [9.17, 15) is 22.4 Å². The summed E-state index contributed by atoms with van der Waals surface area (Å²) in [6, 6.07) is 9.98. The fourth-order valence-corrected chi connectivity index (χ4v) is 1.74. The molecule has 0 heterocycles. The predicted molar refractivity (Wildman–Crippen MR) is 62.2 cm³/mol. The zero-order chi connectivity index (χ0) is 14.0. The molecular weight excluding hydrogens is 260 g/mol. The predicted octanol–water partition coefficient (Wildman–Crippen LogP) is 4.32. The van der Waals surface area contributed by atoms with Crippen LogP contribution in [0.25, 0.3) is 11.1 Å². The Bertz CT molecular complexity index is 603. The zero-order valence-corrected chi connectivity index (χ0v) is 9.54. The summed E-state index contributed by atoms with van der Waals surface area (Å²) in [5.74, 6) is -1.54. The van der Waals surface area contributed by atoms with E-state index >= 15 is 0 Å². The molecule has 0 saturated heterocycles. The maximum Gasteiger partial charge on any atom is 0.419 e. The van der Waals surface area contributed by atoms with Crippen molar-refractivity contribution in [1.82, 2.24) is 0 Å². The standard InChI is InChI=1S/C14H8F4O/c15-13-11(8-19)6-10(7-12(13)14(16,17)18)9-4-2-1-3-5-9/h1-8H. The summed E-state index contributed by atoms with van der Waals surface area (Å²) >= 11 is 0. The summed E-state index contributed by atoms with van der Waals surface area (Å²) in [4.78, 5) is 10.7. The Morgan fingerprint density at radius 1 is 0.947 bits per heavy atom. The van der Waals surface area contributed by atoms with Crippen LogP contribution in [0.2, 0.25) is 0 Å². The van der Waals surface area contributed by atoms with E-state index < -0.39 is 23.1 Å². The summed E-state index contributed by atoms with van der Waals surface area (Å²) < 4.78 is 51.6. The Morgan fingerprint density at radius 3 is 2.11 bits per heavy atom. The van der Waals surface area contributed by atoms with Gasteiger partial charge in [-0.2, -0.15) is 13.2 Å². The minimum Gasteiger partial charge on any atom is -0.298 e. The smallest absolute Gasteiger partial charge is 0.298 e. The van der Waals surface area contributed by atoms with Crippen LogP contribution in [-0.4, -0.2) is 6.29 Å². The highest BCUT2D eigenvalue weighted by atomic mass is 19.4. The van der Waals surface area contributed by atoms with Crippen LogP contribution >= 0.6 is 0 Å². The highest BCUT2D eigenvalue weighted by Gasteiger charge is 2.35. The van der Waals surface area contributed by atoms with Gasteiger partial charge in [0.15, 0.2) is 6.29 Å². The molecule has 19 heavy (non-hydrogen) atoms. The Morgan fingerprint density at radius 2 is 1.58 bits per heavy atom. The number of carbonyl (C=O) groups is 1. The molecule has 0 N–H and O–H groups in total. The number of hydrogen-bond acceptors (Lipinski definition) is 1. The molecule has 5 heteroatoms. The van der Waals surface area contributed by atoms with Crippen molar-refractivity contribution < 1.29 is 22.4 Å². The van der Waals surface area contributed by atoms with Gasteiger partial charge in [-0.3, -0.25) is 4.79 Å². The number of benzene rings is 2. The summed E-state index contributed by atoms with van der Waals surface area (Å²) in [7, 11) is 0. The van der Waals surface area contributed by atoms with Gasteiger partial charge in [-0.05, 0) is 23.3 Å². The molecule has 0 amide bonds. The maximum absolute atomic E-state index is 13.5. The van der Waals surface area contributed by atoms with Crippen molar-refractivity contribution in [2.45, 2.75) is 6.18 Å². The number of carbonyl (C=O) groups excluding carboxylic acids is 1. The average molecular weight is 268 g/mol. The molecule has 2 aromatic carbocycles. The normalized spacial score (nSPS) is 11.4. The maximum atomic E-state index is 13.5. The molecule has 0 aliphatic carbocycles. The molecule has 2 rings (SSSR count). The third-order valence-electron chi connectivity index (χ3n) is 2.64. The third kappa shape index (κ3) is 2.65. The second kappa shape index (κ2) is 4.84. The summed E-state index contributed by atoms with van der Waals surface area (Å²) in [5.41, 5.74) is -1.41. The molecule has 98 valence electrons. The number of rotatable bonds is 2. The van der Waals surface area contributed by atoms with Crippen LogP contribution in [0.15, 0.2) is 42.5 Å². The molecule has 0 saturated carbocycles. The van der Waals surface area contributed by atoms with E-state index in [1.165, 1.54) is 0 Å². The highest BCUT2D eigenvalue weighted by molar-refractivity contribution is 5.80. The first-order valence-corrected chi connectivity index (χ1v) is 5.35. The van der Waals surface area contributed by atoms with Crippen LogP contribution in [-0.2, 0) is 6.18 Å². The van der Waals surface area contributed by atoms with Crippen molar-refractivity contribution in [2.75, 3.05) is 0 Å². The first-order chi connectivity index (χ1) is 8.93. The Kier molecular flexibility index (Phi) is 3.38. The summed E-state index contributed by atoms with van der Waals surface area (Å²) in [6.07, 6.45) is -4.76. The number of alkyl halides is 3. The van der Waals surface area contributed by atoms with Crippen molar-refractivity contribution >= 4 is 6.29 Å². The second-order valence-corrected chi connectivity index (χ2v) is 3.91. The second-order valence-electron chi connectivity index (χ2n) is 3.91. The molecule has 0 radical (unpaired) electrons. The lowest BCUT2D eigenvalue weighted by Gasteiger charge is -2.12. The van der Waals surface area contributed by atoms with E-state index in [4.69, 9.17) is 0 Å². The minimum atomic E-state index is -4.84.